The second-order valence-electron chi connectivity index (χ2n) is 11.6. The SMILES string of the molecule is CCCN(CCC)C(=Pc1cc(C)cc(F)c1)c1cc(C)cc(C(=O)NCC(O)CCOCCC(C)(C)C)c1. The summed E-state index contributed by atoms with van der Waals surface area (Å²) in [5, 5.41) is 14.1. The standard InChI is InChI=1S/C32H48FN2O3P/c1-8-12-35(13-9-2)31(39-29-19-24(4)18-27(33)21-29)26-17-23(3)16-25(20-26)30(37)34-22-28(36)10-14-38-15-11-32(5,6)7/h16-21,28,36H,8-15,22H2,1-7H3,(H,34,37). The van der Waals surface area contributed by atoms with Crippen molar-refractivity contribution in [3.8, 4) is 0 Å². The third kappa shape index (κ3) is 12.3. The van der Waals surface area contributed by atoms with Gasteiger partial charge in [0.15, 0.2) is 0 Å². The van der Waals surface area contributed by atoms with E-state index in [0.717, 1.165) is 68.0 Å². The maximum Gasteiger partial charge on any atom is 0.251 e. The lowest BCUT2D eigenvalue weighted by atomic mass is 9.93. The van der Waals surface area contributed by atoms with E-state index in [1.165, 1.54) is 6.07 Å². The van der Waals surface area contributed by atoms with Crippen molar-refractivity contribution in [3.63, 3.8) is 0 Å². The number of halogens is 1. The molecule has 0 radical (unpaired) electrons. The Morgan fingerprint density at radius 1 is 1.00 bits per heavy atom. The van der Waals surface area contributed by atoms with Gasteiger partial charge in [0.05, 0.1) is 11.5 Å². The van der Waals surface area contributed by atoms with Gasteiger partial charge in [0.1, 0.15) is 5.82 Å². The van der Waals surface area contributed by atoms with Crippen LogP contribution in [0.3, 0.4) is 0 Å². The predicted octanol–water partition coefficient (Wildman–Crippen LogP) is 6.25. The van der Waals surface area contributed by atoms with E-state index < -0.39 is 6.10 Å². The molecule has 0 aliphatic carbocycles. The minimum absolute atomic E-state index is 0.167. The van der Waals surface area contributed by atoms with Gasteiger partial charge in [-0.05, 0) is 100 Å². The van der Waals surface area contributed by atoms with Crippen molar-refractivity contribution in [1.82, 2.24) is 10.2 Å². The Morgan fingerprint density at radius 3 is 2.26 bits per heavy atom. The first-order valence-corrected chi connectivity index (χ1v) is 15.1. The van der Waals surface area contributed by atoms with E-state index in [0.29, 0.717) is 25.2 Å². The van der Waals surface area contributed by atoms with Crippen LogP contribution in [0.5, 0.6) is 0 Å². The molecule has 1 unspecified atom stereocenters. The van der Waals surface area contributed by atoms with Gasteiger partial charge in [0.2, 0.25) is 0 Å². The molecule has 0 aromatic heterocycles. The third-order valence-corrected chi connectivity index (χ3v) is 7.51. The number of ether oxygens (including phenoxy) is 1. The van der Waals surface area contributed by atoms with Crippen LogP contribution in [-0.4, -0.2) is 60.3 Å². The summed E-state index contributed by atoms with van der Waals surface area (Å²) in [6, 6.07) is 11.0. The molecule has 216 valence electrons. The molecular weight excluding hydrogens is 510 g/mol. The van der Waals surface area contributed by atoms with Crippen LogP contribution >= 0.6 is 8.20 Å². The number of carbonyl (C=O) groups is 1. The highest BCUT2D eigenvalue weighted by Gasteiger charge is 2.17. The number of nitrogens with zero attached hydrogens (tertiary/aromatic N) is 1. The number of hydrogen-bond donors (Lipinski definition) is 2. The smallest absolute Gasteiger partial charge is 0.251 e. The highest BCUT2D eigenvalue weighted by atomic mass is 31.1. The van der Waals surface area contributed by atoms with E-state index in [2.05, 4.69) is 50.9 Å². The van der Waals surface area contributed by atoms with Crippen molar-refractivity contribution < 1.29 is 19.0 Å². The Kier molecular flexibility index (Phi) is 13.8. The van der Waals surface area contributed by atoms with Gasteiger partial charge in [0.25, 0.3) is 5.91 Å². The van der Waals surface area contributed by atoms with Gasteiger partial charge in [-0.3, -0.25) is 9.69 Å². The Morgan fingerprint density at radius 2 is 1.64 bits per heavy atom. The maximum absolute atomic E-state index is 14.2. The fourth-order valence-corrected chi connectivity index (χ4v) is 5.54. The van der Waals surface area contributed by atoms with E-state index in [1.807, 2.05) is 32.0 Å². The van der Waals surface area contributed by atoms with Crippen molar-refractivity contribution in [3.05, 3.63) is 64.5 Å². The number of hydrogen-bond acceptors (Lipinski definition) is 3. The topological polar surface area (TPSA) is 61.8 Å². The zero-order valence-electron chi connectivity index (χ0n) is 24.9. The predicted molar refractivity (Wildman–Crippen MR) is 163 cm³/mol. The summed E-state index contributed by atoms with van der Waals surface area (Å²) in [5.41, 5.74) is 4.65. The van der Waals surface area contributed by atoms with Gasteiger partial charge >= 0.3 is 0 Å². The summed E-state index contributed by atoms with van der Waals surface area (Å²) >= 11 is 0. The van der Waals surface area contributed by atoms with Crippen LogP contribution in [0.2, 0.25) is 0 Å². The second-order valence-corrected chi connectivity index (χ2v) is 12.7. The fraction of sp³-hybridized carbons (Fsp3) is 0.562. The van der Waals surface area contributed by atoms with Crippen LogP contribution in [0.25, 0.3) is 0 Å². The summed E-state index contributed by atoms with van der Waals surface area (Å²) in [5.74, 6) is -0.459. The van der Waals surface area contributed by atoms with E-state index in [1.54, 1.807) is 6.07 Å². The minimum atomic E-state index is -0.672. The minimum Gasteiger partial charge on any atom is -0.391 e. The molecule has 0 bridgehead atoms. The van der Waals surface area contributed by atoms with Gasteiger partial charge in [-0.15, -0.1) is 0 Å². The largest absolute Gasteiger partial charge is 0.391 e. The highest BCUT2D eigenvalue weighted by molar-refractivity contribution is 7.49. The summed E-state index contributed by atoms with van der Waals surface area (Å²) in [6.45, 7) is 17.8. The Labute approximate surface area is 237 Å². The maximum atomic E-state index is 14.2. The molecule has 0 aliphatic rings. The second kappa shape index (κ2) is 16.2. The molecule has 0 saturated carbocycles. The number of rotatable bonds is 15. The zero-order chi connectivity index (χ0) is 29.0. The van der Waals surface area contributed by atoms with Crippen LogP contribution in [-0.2, 0) is 4.74 Å². The molecule has 0 heterocycles. The molecule has 39 heavy (non-hydrogen) atoms. The van der Waals surface area contributed by atoms with Crippen molar-refractivity contribution in [2.24, 2.45) is 5.41 Å². The van der Waals surface area contributed by atoms with Crippen LogP contribution in [0.4, 0.5) is 4.39 Å². The first-order chi connectivity index (χ1) is 18.4. The van der Waals surface area contributed by atoms with Gasteiger partial charge < -0.3 is 15.2 Å². The summed E-state index contributed by atoms with van der Waals surface area (Å²) < 4.78 is 19.9. The van der Waals surface area contributed by atoms with Crippen LogP contribution in [0.1, 0.15) is 87.4 Å². The molecular formula is C32H48FN2O3P. The van der Waals surface area contributed by atoms with E-state index in [-0.39, 0.29) is 23.7 Å². The number of aryl methyl sites for hydroxylation is 2. The molecule has 2 rings (SSSR count). The molecule has 7 heteroatoms. The number of nitrogens with one attached hydrogen (secondary N) is 1. The Hall–Kier alpha value is -2.11. The van der Waals surface area contributed by atoms with Crippen LogP contribution in [0.15, 0.2) is 36.4 Å². The molecule has 2 aromatic rings. The summed E-state index contributed by atoms with van der Waals surface area (Å²) in [6.07, 6.45) is 2.72. The molecule has 5 nitrogen and oxygen atoms in total. The monoisotopic (exact) mass is 558 g/mol. The molecule has 0 fully saturated rings. The molecule has 0 aliphatic heterocycles. The number of carbonyl (C=O) groups excluding carboxylic acids is 1. The van der Waals surface area contributed by atoms with Gasteiger partial charge in [-0.2, -0.15) is 0 Å². The van der Waals surface area contributed by atoms with Gasteiger partial charge in [0, 0.05) is 43.7 Å². The number of benzene rings is 2. The van der Waals surface area contributed by atoms with Crippen molar-refractivity contribution in [1.29, 1.82) is 0 Å². The lowest BCUT2D eigenvalue weighted by molar-refractivity contribution is 0.0662. The Balaban J connectivity index is 2.21. The van der Waals surface area contributed by atoms with Crippen molar-refractivity contribution >= 4 is 24.8 Å². The molecule has 0 saturated heterocycles. The quantitative estimate of drug-likeness (QED) is 0.200. The van der Waals surface area contributed by atoms with Crippen LogP contribution in [0, 0.1) is 25.1 Å². The molecule has 2 aromatic carbocycles. The number of amides is 1. The third-order valence-electron chi connectivity index (χ3n) is 6.24. The molecule has 1 atom stereocenters. The van der Waals surface area contributed by atoms with Crippen molar-refractivity contribution in [2.75, 3.05) is 32.8 Å². The number of aliphatic hydroxyl groups is 1. The highest BCUT2D eigenvalue weighted by Crippen LogP contribution is 2.20. The summed E-state index contributed by atoms with van der Waals surface area (Å²) in [4.78, 5) is 15.5. The normalized spacial score (nSPS) is 13.1. The summed E-state index contributed by atoms with van der Waals surface area (Å²) in [7, 11) is 0.899. The zero-order valence-corrected chi connectivity index (χ0v) is 25.8. The Bertz CT molecular complexity index is 1070. The van der Waals surface area contributed by atoms with E-state index >= 15 is 0 Å². The van der Waals surface area contributed by atoms with Crippen LogP contribution < -0.4 is 10.6 Å². The molecule has 0 spiro atoms. The average molecular weight is 559 g/mol. The van der Waals surface area contributed by atoms with Gasteiger partial charge in [-0.1, -0.05) is 40.7 Å². The number of aliphatic hydroxyl groups excluding tert-OH is 1. The lowest BCUT2D eigenvalue weighted by Crippen LogP contribution is -2.34. The van der Waals surface area contributed by atoms with E-state index in [9.17, 15) is 14.3 Å². The fourth-order valence-electron chi connectivity index (χ4n) is 4.24. The van der Waals surface area contributed by atoms with Crippen molar-refractivity contribution in [2.45, 2.75) is 80.3 Å². The molecule has 2 N–H and O–H groups in total. The average Bonchev–Trinajstić information content (AvgIpc) is 2.84. The van der Waals surface area contributed by atoms with E-state index in [4.69, 9.17) is 4.74 Å². The molecule has 1 amide bonds. The lowest BCUT2D eigenvalue weighted by Gasteiger charge is -2.25. The first kappa shape index (κ1) is 33.1. The van der Waals surface area contributed by atoms with Gasteiger partial charge in [-0.25, -0.2) is 4.39 Å². The first-order valence-electron chi connectivity index (χ1n) is 14.2.